The number of aryl methyl sites for hydroxylation is 2. The Morgan fingerprint density at radius 3 is 2.82 bits per heavy atom. The summed E-state index contributed by atoms with van der Waals surface area (Å²) in [4.78, 5) is 4.44. The van der Waals surface area contributed by atoms with Crippen LogP contribution in [0.1, 0.15) is 16.3 Å². The quantitative estimate of drug-likeness (QED) is 0.902. The van der Waals surface area contributed by atoms with Gasteiger partial charge in [0.2, 0.25) is 0 Å². The van der Waals surface area contributed by atoms with Gasteiger partial charge in [0, 0.05) is 34.7 Å². The lowest BCUT2D eigenvalue weighted by Gasteiger charge is -2.08. The Kier molecular flexibility index (Phi) is 4.02. The number of nitrogens with zero attached hydrogens (tertiary/aromatic N) is 1. The predicted octanol–water partition coefficient (Wildman–Crippen LogP) is 4.07. The van der Waals surface area contributed by atoms with Gasteiger partial charge in [0.1, 0.15) is 0 Å². The maximum atomic E-state index is 5.91. The zero-order valence-electron chi connectivity index (χ0n) is 9.96. The van der Waals surface area contributed by atoms with Crippen LogP contribution in [0.25, 0.3) is 0 Å². The zero-order valence-corrected chi connectivity index (χ0v) is 11.5. The fourth-order valence-electron chi connectivity index (χ4n) is 1.65. The highest BCUT2D eigenvalue weighted by molar-refractivity contribution is 7.09. The molecule has 0 radical (unpaired) electrons. The van der Waals surface area contributed by atoms with Crippen molar-refractivity contribution >= 4 is 28.6 Å². The van der Waals surface area contributed by atoms with Gasteiger partial charge in [-0.15, -0.1) is 11.3 Å². The number of rotatable bonds is 4. The van der Waals surface area contributed by atoms with Crippen molar-refractivity contribution in [2.45, 2.75) is 20.3 Å². The molecular weight excluding hydrogens is 252 g/mol. The van der Waals surface area contributed by atoms with Crippen LogP contribution in [0, 0.1) is 13.8 Å². The smallest absolute Gasteiger partial charge is 0.0945 e. The standard InChI is InChI=1S/C13H15ClN2S/c1-9-7-11(14)3-4-12(9)15-6-5-13-16-10(2)8-17-13/h3-4,7-8,15H,5-6H2,1-2H3. The van der Waals surface area contributed by atoms with Gasteiger partial charge in [-0.05, 0) is 37.6 Å². The maximum absolute atomic E-state index is 5.91. The molecule has 0 bridgehead atoms. The van der Waals surface area contributed by atoms with Gasteiger partial charge in [-0.2, -0.15) is 0 Å². The lowest BCUT2D eigenvalue weighted by Crippen LogP contribution is -2.05. The molecule has 0 saturated heterocycles. The lowest BCUT2D eigenvalue weighted by molar-refractivity contribution is 0.985. The highest BCUT2D eigenvalue weighted by Gasteiger charge is 2.01. The van der Waals surface area contributed by atoms with Gasteiger partial charge in [0.25, 0.3) is 0 Å². The average molecular weight is 267 g/mol. The first-order valence-corrected chi connectivity index (χ1v) is 6.82. The van der Waals surface area contributed by atoms with Gasteiger partial charge in [0.05, 0.1) is 5.01 Å². The molecule has 2 aromatic rings. The van der Waals surface area contributed by atoms with E-state index in [2.05, 4.69) is 22.6 Å². The Morgan fingerprint density at radius 1 is 1.35 bits per heavy atom. The van der Waals surface area contributed by atoms with E-state index < -0.39 is 0 Å². The summed E-state index contributed by atoms with van der Waals surface area (Å²) in [5, 5.41) is 7.46. The van der Waals surface area contributed by atoms with Crippen molar-refractivity contribution in [1.82, 2.24) is 4.98 Å². The molecule has 90 valence electrons. The molecule has 0 aliphatic rings. The summed E-state index contributed by atoms with van der Waals surface area (Å²) in [5.41, 5.74) is 3.42. The van der Waals surface area contributed by atoms with Crippen molar-refractivity contribution in [3.8, 4) is 0 Å². The molecule has 1 aromatic carbocycles. The van der Waals surface area contributed by atoms with Gasteiger partial charge >= 0.3 is 0 Å². The molecule has 0 aliphatic carbocycles. The second-order valence-corrected chi connectivity index (χ2v) is 5.40. The van der Waals surface area contributed by atoms with E-state index in [-0.39, 0.29) is 0 Å². The van der Waals surface area contributed by atoms with Crippen LogP contribution >= 0.6 is 22.9 Å². The fraction of sp³-hybridized carbons (Fsp3) is 0.308. The number of thiazole rings is 1. The van der Waals surface area contributed by atoms with Crippen molar-refractivity contribution in [2.24, 2.45) is 0 Å². The molecule has 0 atom stereocenters. The van der Waals surface area contributed by atoms with E-state index in [9.17, 15) is 0 Å². The number of halogens is 1. The minimum atomic E-state index is 0.781. The van der Waals surface area contributed by atoms with Crippen LogP contribution in [0.4, 0.5) is 5.69 Å². The summed E-state index contributed by atoms with van der Waals surface area (Å²) in [5.74, 6) is 0. The van der Waals surface area contributed by atoms with E-state index in [1.165, 1.54) is 10.6 Å². The SMILES string of the molecule is Cc1csc(CCNc2ccc(Cl)cc2C)n1. The number of hydrogen-bond donors (Lipinski definition) is 1. The van der Waals surface area contributed by atoms with Crippen molar-refractivity contribution < 1.29 is 0 Å². The molecule has 0 aliphatic heterocycles. The lowest BCUT2D eigenvalue weighted by atomic mass is 10.2. The van der Waals surface area contributed by atoms with Crippen molar-refractivity contribution in [1.29, 1.82) is 0 Å². The van der Waals surface area contributed by atoms with Gasteiger partial charge in [-0.25, -0.2) is 4.98 Å². The third kappa shape index (κ3) is 3.45. The van der Waals surface area contributed by atoms with E-state index in [4.69, 9.17) is 11.6 Å². The van der Waals surface area contributed by atoms with Crippen LogP contribution in [0.15, 0.2) is 23.6 Å². The minimum absolute atomic E-state index is 0.781. The first kappa shape index (κ1) is 12.4. The molecule has 1 N–H and O–H groups in total. The Labute approximate surface area is 111 Å². The summed E-state index contributed by atoms with van der Waals surface area (Å²) in [6.45, 7) is 4.98. The molecule has 2 nitrogen and oxygen atoms in total. The Bertz CT molecular complexity index is 508. The monoisotopic (exact) mass is 266 g/mol. The summed E-state index contributed by atoms with van der Waals surface area (Å²) in [7, 11) is 0. The summed E-state index contributed by atoms with van der Waals surface area (Å²) < 4.78 is 0. The van der Waals surface area contributed by atoms with Crippen LogP contribution in [0.5, 0.6) is 0 Å². The van der Waals surface area contributed by atoms with E-state index >= 15 is 0 Å². The molecule has 0 spiro atoms. The molecule has 0 fully saturated rings. The van der Waals surface area contributed by atoms with Crippen LogP contribution in [0.2, 0.25) is 5.02 Å². The molecule has 0 saturated carbocycles. The minimum Gasteiger partial charge on any atom is -0.384 e. The van der Waals surface area contributed by atoms with Crippen LogP contribution in [0.3, 0.4) is 0 Å². The summed E-state index contributed by atoms with van der Waals surface area (Å²) >= 11 is 7.63. The maximum Gasteiger partial charge on any atom is 0.0945 e. The predicted molar refractivity (Wildman–Crippen MR) is 75.2 cm³/mol. The highest BCUT2D eigenvalue weighted by Crippen LogP contribution is 2.19. The molecule has 4 heteroatoms. The van der Waals surface area contributed by atoms with Crippen molar-refractivity contribution in [3.63, 3.8) is 0 Å². The van der Waals surface area contributed by atoms with E-state index in [1.54, 1.807) is 11.3 Å². The van der Waals surface area contributed by atoms with Gasteiger partial charge in [0.15, 0.2) is 0 Å². The fourth-order valence-corrected chi connectivity index (χ4v) is 2.65. The molecule has 0 unspecified atom stereocenters. The molecule has 2 rings (SSSR count). The van der Waals surface area contributed by atoms with Gasteiger partial charge in [-0.1, -0.05) is 11.6 Å². The Morgan fingerprint density at radius 2 is 2.18 bits per heavy atom. The number of benzene rings is 1. The first-order chi connectivity index (χ1) is 8.15. The third-order valence-electron chi connectivity index (χ3n) is 2.51. The number of anilines is 1. The molecule has 1 aromatic heterocycles. The molecule has 1 heterocycles. The molecule has 17 heavy (non-hydrogen) atoms. The zero-order chi connectivity index (χ0) is 12.3. The number of nitrogens with one attached hydrogen (secondary N) is 1. The average Bonchev–Trinajstić information content (AvgIpc) is 2.68. The number of aromatic nitrogens is 1. The Hall–Kier alpha value is -1.06. The number of hydrogen-bond acceptors (Lipinski definition) is 3. The van der Waals surface area contributed by atoms with Crippen LogP contribution in [-0.4, -0.2) is 11.5 Å². The van der Waals surface area contributed by atoms with E-state index in [0.717, 1.165) is 29.4 Å². The van der Waals surface area contributed by atoms with E-state index in [0.29, 0.717) is 0 Å². The van der Waals surface area contributed by atoms with E-state index in [1.807, 2.05) is 25.1 Å². The summed E-state index contributed by atoms with van der Waals surface area (Å²) in [6, 6.07) is 5.90. The third-order valence-corrected chi connectivity index (χ3v) is 3.77. The van der Waals surface area contributed by atoms with Gasteiger partial charge < -0.3 is 5.32 Å². The molecular formula is C13H15ClN2S. The van der Waals surface area contributed by atoms with Gasteiger partial charge in [-0.3, -0.25) is 0 Å². The highest BCUT2D eigenvalue weighted by atomic mass is 35.5. The topological polar surface area (TPSA) is 24.9 Å². The van der Waals surface area contributed by atoms with Crippen LogP contribution in [-0.2, 0) is 6.42 Å². The molecule has 0 amide bonds. The van der Waals surface area contributed by atoms with Crippen LogP contribution < -0.4 is 5.32 Å². The first-order valence-electron chi connectivity index (χ1n) is 5.56. The largest absolute Gasteiger partial charge is 0.384 e. The summed E-state index contributed by atoms with van der Waals surface area (Å²) in [6.07, 6.45) is 0.959. The second-order valence-electron chi connectivity index (χ2n) is 4.02. The normalized spacial score (nSPS) is 10.5. The Balaban J connectivity index is 1.90. The van der Waals surface area contributed by atoms with Crippen molar-refractivity contribution in [3.05, 3.63) is 44.9 Å². The second kappa shape index (κ2) is 5.52. The van der Waals surface area contributed by atoms with Crippen molar-refractivity contribution in [2.75, 3.05) is 11.9 Å².